The molecule has 0 aliphatic rings. The molecule has 6 nitrogen and oxygen atoms in total. The van der Waals surface area contributed by atoms with Crippen molar-refractivity contribution in [1.82, 2.24) is 0 Å². The molecule has 0 heterocycles. The lowest BCUT2D eigenvalue weighted by Gasteiger charge is -2.13. The Morgan fingerprint density at radius 1 is 1.15 bits per heavy atom. The molecule has 0 fully saturated rings. The minimum Gasteiger partial charge on any atom is -0.497 e. The molecule has 1 atom stereocenters. The fourth-order valence-corrected chi connectivity index (χ4v) is 2.40. The van der Waals surface area contributed by atoms with Crippen molar-refractivity contribution in [3.8, 4) is 11.5 Å². The van der Waals surface area contributed by atoms with E-state index < -0.39 is 12.1 Å². The highest BCUT2D eigenvalue weighted by molar-refractivity contribution is 5.99. The van der Waals surface area contributed by atoms with Crippen LogP contribution in [0.1, 0.15) is 18.1 Å². The molecule has 0 bridgehead atoms. The molecule has 138 valence electrons. The molecular formula is C20H23NO5. The zero-order valence-corrected chi connectivity index (χ0v) is 14.9. The fourth-order valence-electron chi connectivity index (χ4n) is 2.40. The third-order valence-corrected chi connectivity index (χ3v) is 3.79. The number of hydrogen-bond acceptors (Lipinski definition) is 5. The number of ether oxygens (including phenoxy) is 3. The summed E-state index contributed by atoms with van der Waals surface area (Å²) >= 11 is 0. The predicted molar refractivity (Wildman–Crippen MR) is 98.5 cm³/mol. The van der Waals surface area contributed by atoms with Gasteiger partial charge in [-0.25, -0.2) is 4.79 Å². The monoisotopic (exact) mass is 357 g/mol. The smallest absolute Gasteiger partial charge is 0.333 e. The number of nitrogens with one attached hydrogen (secondary N) is 1. The van der Waals surface area contributed by atoms with Crippen molar-refractivity contribution in [3.05, 3.63) is 59.7 Å². The maximum atomic E-state index is 11.1. The van der Waals surface area contributed by atoms with E-state index in [4.69, 9.17) is 24.7 Å². The highest BCUT2D eigenvalue weighted by Gasteiger charge is 2.17. The lowest BCUT2D eigenvalue weighted by atomic mass is 10.1. The molecule has 1 unspecified atom stereocenters. The Morgan fingerprint density at radius 3 is 2.50 bits per heavy atom. The van der Waals surface area contributed by atoms with Crippen LogP contribution in [0.4, 0.5) is 0 Å². The van der Waals surface area contributed by atoms with E-state index in [1.165, 1.54) is 0 Å². The van der Waals surface area contributed by atoms with Gasteiger partial charge in [-0.3, -0.25) is 0 Å². The van der Waals surface area contributed by atoms with Gasteiger partial charge in [0.25, 0.3) is 0 Å². The van der Waals surface area contributed by atoms with E-state index in [1.54, 1.807) is 44.4 Å². The first kappa shape index (κ1) is 19.5. The van der Waals surface area contributed by atoms with Crippen molar-refractivity contribution < 1.29 is 24.1 Å². The summed E-state index contributed by atoms with van der Waals surface area (Å²) in [6.45, 7) is 2.25. The second kappa shape index (κ2) is 9.58. The highest BCUT2D eigenvalue weighted by Crippen LogP contribution is 2.16. The minimum atomic E-state index is -0.973. The number of rotatable bonds is 10. The largest absolute Gasteiger partial charge is 0.497 e. The topological polar surface area (TPSA) is 88.8 Å². The van der Waals surface area contributed by atoms with Crippen molar-refractivity contribution in [2.45, 2.75) is 19.4 Å². The van der Waals surface area contributed by atoms with Gasteiger partial charge in [0, 0.05) is 18.6 Å². The molecule has 0 amide bonds. The van der Waals surface area contributed by atoms with Crippen LogP contribution >= 0.6 is 0 Å². The zero-order chi connectivity index (χ0) is 18.9. The summed E-state index contributed by atoms with van der Waals surface area (Å²) in [5.74, 6) is 0.336. The third kappa shape index (κ3) is 5.60. The summed E-state index contributed by atoms with van der Waals surface area (Å²) in [6.07, 6.45) is -0.559. The predicted octanol–water partition coefficient (Wildman–Crippen LogP) is 3.17. The Bertz CT molecular complexity index is 742. The summed E-state index contributed by atoms with van der Waals surface area (Å²) in [7, 11) is 1.58. The summed E-state index contributed by atoms with van der Waals surface area (Å²) in [6, 6.07) is 14.4. The SMILES string of the molecule is CCOC(Cc1ccc(OCC(=N)c2cccc(OC)c2)cc1)C(=O)O. The number of methoxy groups -OCH3 is 1. The van der Waals surface area contributed by atoms with Gasteiger partial charge in [-0.1, -0.05) is 24.3 Å². The van der Waals surface area contributed by atoms with E-state index in [1.807, 2.05) is 18.2 Å². The van der Waals surface area contributed by atoms with Crippen LogP contribution in [0.3, 0.4) is 0 Å². The van der Waals surface area contributed by atoms with Crippen molar-refractivity contribution in [2.75, 3.05) is 20.3 Å². The van der Waals surface area contributed by atoms with E-state index in [9.17, 15) is 4.79 Å². The summed E-state index contributed by atoms with van der Waals surface area (Å²) in [5, 5.41) is 17.2. The first-order valence-electron chi connectivity index (χ1n) is 8.31. The number of carboxylic acids is 1. The van der Waals surface area contributed by atoms with Crippen molar-refractivity contribution in [3.63, 3.8) is 0 Å². The van der Waals surface area contributed by atoms with E-state index in [2.05, 4.69) is 0 Å². The normalized spacial score (nSPS) is 11.6. The van der Waals surface area contributed by atoms with Crippen LogP contribution in [-0.4, -0.2) is 43.2 Å². The van der Waals surface area contributed by atoms with E-state index in [-0.39, 0.29) is 6.61 Å². The Balaban J connectivity index is 1.92. The van der Waals surface area contributed by atoms with Crippen LogP contribution in [0.25, 0.3) is 0 Å². The van der Waals surface area contributed by atoms with Crippen molar-refractivity contribution in [1.29, 1.82) is 5.41 Å². The molecule has 0 aliphatic carbocycles. The summed E-state index contributed by atoms with van der Waals surface area (Å²) < 4.78 is 16.0. The van der Waals surface area contributed by atoms with Crippen LogP contribution in [0, 0.1) is 5.41 Å². The van der Waals surface area contributed by atoms with E-state index in [0.29, 0.717) is 30.2 Å². The molecule has 0 spiro atoms. The lowest BCUT2D eigenvalue weighted by molar-refractivity contribution is -0.149. The van der Waals surface area contributed by atoms with Crippen LogP contribution in [0.15, 0.2) is 48.5 Å². The van der Waals surface area contributed by atoms with Crippen molar-refractivity contribution in [2.24, 2.45) is 0 Å². The number of aliphatic carboxylic acids is 1. The van der Waals surface area contributed by atoms with Crippen LogP contribution in [0.5, 0.6) is 11.5 Å². The first-order chi connectivity index (χ1) is 12.5. The molecule has 0 aliphatic heterocycles. The Kier molecular flexibility index (Phi) is 7.17. The van der Waals surface area contributed by atoms with Crippen molar-refractivity contribution >= 4 is 11.7 Å². The molecule has 2 N–H and O–H groups in total. The Labute approximate surface area is 152 Å². The van der Waals surface area contributed by atoms with Gasteiger partial charge in [0.05, 0.1) is 12.8 Å². The minimum absolute atomic E-state index is 0.128. The van der Waals surface area contributed by atoms with Crippen LogP contribution in [-0.2, 0) is 16.0 Å². The average molecular weight is 357 g/mol. The van der Waals surface area contributed by atoms with Crippen LogP contribution < -0.4 is 9.47 Å². The quantitative estimate of drug-likeness (QED) is 0.638. The summed E-state index contributed by atoms with van der Waals surface area (Å²) in [5.41, 5.74) is 1.93. The standard InChI is InChI=1S/C20H23NO5/c1-3-25-19(20(22)23)11-14-7-9-16(10-8-14)26-13-18(21)15-5-4-6-17(12-15)24-2/h4-10,12,19,21H,3,11,13H2,1-2H3,(H,22,23). The maximum Gasteiger partial charge on any atom is 0.333 e. The maximum absolute atomic E-state index is 11.1. The number of benzene rings is 2. The molecule has 2 aromatic carbocycles. The lowest BCUT2D eigenvalue weighted by Crippen LogP contribution is -2.26. The van der Waals surface area contributed by atoms with Gasteiger partial charge in [-0.15, -0.1) is 0 Å². The molecule has 0 saturated carbocycles. The Morgan fingerprint density at radius 2 is 1.88 bits per heavy atom. The second-order valence-electron chi connectivity index (χ2n) is 5.63. The molecule has 26 heavy (non-hydrogen) atoms. The highest BCUT2D eigenvalue weighted by atomic mass is 16.5. The van der Waals surface area contributed by atoms with Gasteiger partial charge in [0.2, 0.25) is 0 Å². The van der Waals surface area contributed by atoms with Gasteiger partial charge in [0.15, 0.2) is 6.10 Å². The number of hydrogen-bond donors (Lipinski definition) is 2. The van der Waals surface area contributed by atoms with Crippen LogP contribution in [0.2, 0.25) is 0 Å². The molecule has 0 aromatic heterocycles. The van der Waals surface area contributed by atoms with E-state index >= 15 is 0 Å². The van der Waals surface area contributed by atoms with E-state index in [0.717, 1.165) is 11.1 Å². The zero-order valence-electron chi connectivity index (χ0n) is 14.9. The third-order valence-electron chi connectivity index (χ3n) is 3.79. The molecule has 6 heteroatoms. The van der Waals surface area contributed by atoms with Gasteiger partial charge < -0.3 is 24.7 Å². The molecule has 0 radical (unpaired) electrons. The summed E-state index contributed by atoms with van der Waals surface area (Å²) in [4.78, 5) is 11.1. The first-order valence-corrected chi connectivity index (χ1v) is 8.31. The molecule has 2 aromatic rings. The second-order valence-corrected chi connectivity index (χ2v) is 5.63. The molecule has 2 rings (SSSR count). The van der Waals surface area contributed by atoms with Gasteiger partial charge in [0.1, 0.15) is 18.1 Å². The molecule has 0 saturated heterocycles. The fraction of sp³-hybridized carbons (Fsp3) is 0.300. The van der Waals surface area contributed by atoms with Gasteiger partial charge in [-0.2, -0.15) is 0 Å². The average Bonchev–Trinajstić information content (AvgIpc) is 2.66. The van der Waals surface area contributed by atoms with Gasteiger partial charge >= 0.3 is 5.97 Å². The molecular weight excluding hydrogens is 334 g/mol. The number of carbonyl (C=O) groups is 1. The van der Waals surface area contributed by atoms with Gasteiger partial charge in [-0.05, 0) is 36.8 Å². The Hall–Kier alpha value is -2.86. The number of carboxylic acid groups (broad SMARTS) is 1.